The number of nitrogens with one attached hydrogen (secondary N) is 1. The third-order valence-electron chi connectivity index (χ3n) is 5.51. The Kier molecular flexibility index (Phi) is 7.15. The predicted octanol–water partition coefficient (Wildman–Crippen LogP) is 2.71. The third-order valence-corrected chi connectivity index (χ3v) is 6.71. The van der Waals surface area contributed by atoms with E-state index in [1.807, 2.05) is 31.2 Å². The Hall–Kier alpha value is -2.38. The summed E-state index contributed by atoms with van der Waals surface area (Å²) in [6.07, 6.45) is 2.99. The highest BCUT2D eigenvalue weighted by atomic mass is 32.2. The van der Waals surface area contributed by atoms with Crippen LogP contribution in [-0.2, 0) is 27.8 Å². The van der Waals surface area contributed by atoms with Gasteiger partial charge < -0.3 is 10.2 Å². The van der Waals surface area contributed by atoms with Gasteiger partial charge >= 0.3 is 0 Å². The number of benzene rings is 2. The molecule has 0 fully saturated rings. The molecule has 0 spiro atoms. The zero-order chi connectivity index (χ0) is 21.7. The highest BCUT2D eigenvalue weighted by molar-refractivity contribution is 7.88. The van der Waals surface area contributed by atoms with Crippen LogP contribution in [-0.4, -0.2) is 50.6 Å². The second-order valence-electron chi connectivity index (χ2n) is 8.10. The van der Waals surface area contributed by atoms with Gasteiger partial charge in [0, 0.05) is 31.4 Å². The molecular formula is C23H31N3O3S. The summed E-state index contributed by atoms with van der Waals surface area (Å²) in [5.41, 5.74) is 4.62. The van der Waals surface area contributed by atoms with Gasteiger partial charge in [0.25, 0.3) is 0 Å². The number of para-hydroxylation sites is 1. The molecule has 30 heavy (non-hydrogen) atoms. The zero-order valence-electron chi connectivity index (χ0n) is 18.0. The smallest absolute Gasteiger partial charge is 0.235 e. The molecule has 0 saturated heterocycles. The van der Waals surface area contributed by atoms with Crippen molar-refractivity contribution < 1.29 is 13.2 Å². The molecule has 2 aromatic carbocycles. The van der Waals surface area contributed by atoms with Crippen LogP contribution in [0.25, 0.3) is 0 Å². The van der Waals surface area contributed by atoms with Crippen molar-refractivity contribution in [3.8, 4) is 0 Å². The van der Waals surface area contributed by atoms with Gasteiger partial charge in [-0.3, -0.25) is 4.79 Å². The minimum atomic E-state index is -3.49. The van der Waals surface area contributed by atoms with E-state index >= 15 is 0 Å². The summed E-state index contributed by atoms with van der Waals surface area (Å²) in [5.74, 6) is -0.276. The van der Waals surface area contributed by atoms with Gasteiger partial charge in [0.05, 0.1) is 12.8 Å². The maximum Gasteiger partial charge on any atom is 0.235 e. The molecule has 162 valence electrons. The van der Waals surface area contributed by atoms with Crippen molar-refractivity contribution >= 4 is 21.6 Å². The van der Waals surface area contributed by atoms with Gasteiger partial charge in [-0.1, -0.05) is 48.0 Å². The summed E-state index contributed by atoms with van der Waals surface area (Å²) in [6, 6.07) is 16.5. The molecule has 7 heteroatoms. The first-order chi connectivity index (χ1) is 14.2. The van der Waals surface area contributed by atoms with Gasteiger partial charge in [0.1, 0.15) is 0 Å². The number of amides is 1. The fourth-order valence-corrected chi connectivity index (χ4v) is 4.59. The molecule has 6 nitrogen and oxygen atoms in total. The number of rotatable bonds is 9. The van der Waals surface area contributed by atoms with Crippen molar-refractivity contribution in [3.05, 3.63) is 65.2 Å². The average molecular weight is 430 g/mol. The average Bonchev–Trinajstić information content (AvgIpc) is 3.01. The maximum absolute atomic E-state index is 12.4. The first-order valence-electron chi connectivity index (χ1n) is 10.4. The number of nitrogens with zero attached hydrogens (tertiary/aromatic N) is 2. The number of carbonyl (C=O) groups is 1. The van der Waals surface area contributed by atoms with Crippen molar-refractivity contribution in [2.45, 2.75) is 39.3 Å². The second-order valence-corrected chi connectivity index (χ2v) is 10.1. The topological polar surface area (TPSA) is 69.7 Å². The van der Waals surface area contributed by atoms with Crippen LogP contribution in [0.4, 0.5) is 5.69 Å². The number of sulfonamides is 1. The number of hydrogen-bond donors (Lipinski definition) is 1. The van der Waals surface area contributed by atoms with Gasteiger partial charge in [-0.25, -0.2) is 8.42 Å². The first kappa shape index (κ1) is 22.3. The van der Waals surface area contributed by atoms with Gasteiger partial charge in [-0.15, -0.1) is 0 Å². The predicted molar refractivity (Wildman–Crippen MR) is 121 cm³/mol. The van der Waals surface area contributed by atoms with Crippen LogP contribution in [0, 0.1) is 6.92 Å². The summed E-state index contributed by atoms with van der Waals surface area (Å²) in [5, 5.41) is 2.87. The van der Waals surface area contributed by atoms with Crippen LogP contribution in [0.5, 0.6) is 0 Å². The van der Waals surface area contributed by atoms with Crippen molar-refractivity contribution in [1.29, 1.82) is 0 Å². The highest BCUT2D eigenvalue weighted by Crippen LogP contribution is 2.31. The summed E-state index contributed by atoms with van der Waals surface area (Å²) >= 11 is 0. The molecule has 1 heterocycles. The normalized spacial score (nSPS) is 16.0. The molecule has 1 unspecified atom stereocenters. The van der Waals surface area contributed by atoms with Crippen LogP contribution in [0.3, 0.4) is 0 Å². The lowest BCUT2D eigenvalue weighted by Crippen LogP contribution is -2.40. The van der Waals surface area contributed by atoms with Crippen molar-refractivity contribution in [1.82, 2.24) is 9.62 Å². The van der Waals surface area contributed by atoms with Gasteiger partial charge in [0.2, 0.25) is 15.9 Å². The molecule has 1 N–H and O–H groups in total. The molecule has 1 amide bonds. The Bertz CT molecular complexity index is 973. The van der Waals surface area contributed by atoms with Gasteiger partial charge in [-0.05, 0) is 43.9 Å². The van der Waals surface area contributed by atoms with Gasteiger partial charge in [-0.2, -0.15) is 4.31 Å². The molecular weight excluding hydrogens is 398 g/mol. The Labute approximate surface area is 179 Å². The molecule has 2 aromatic rings. The first-order valence-corrected chi connectivity index (χ1v) is 12.2. The second kappa shape index (κ2) is 9.62. The fraction of sp³-hybridized carbons (Fsp3) is 0.435. The van der Waals surface area contributed by atoms with E-state index in [9.17, 15) is 13.2 Å². The molecule has 1 atom stereocenters. The quantitative estimate of drug-likeness (QED) is 0.623. The van der Waals surface area contributed by atoms with E-state index in [1.165, 1.54) is 15.6 Å². The van der Waals surface area contributed by atoms with E-state index in [2.05, 4.69) is 41.4 Å². The molecule has 1 aliphatic rings. The van der Waals surface area contributed by atoms with Crippen LogP contribution < -0.4 is 10.2 Å². The van der Waals surface area contributed by atoms with Crippen molar-refractivity contribution in [2.24, 2.45) is 0 Å². The van der Waals surface area contributed by atoms with Crippen LogP contribution in [0.2, 0.25) is 0 Å². The Morgan fingerprint density at radius 1 is 1.17 bits per heavy atom. The molecule has 0 aromatic heterocycles. The van der Waals surface area contributed by atoms with E-state index in [1.54, 1.807) is 0 Å². The Morgan fingerprint density at radius 2 is 1.87 bits per heavy atom. The lowest BCUT2D eigenvalue weighted by atomic mass is 10.1. The molecule has 1 aliphatic heterocycles. The van der Waals surface area contributed by atoms with Crippen molar-refractivity contribution in [3.63, 3.8) is 0 Å². The summed E-state index contributed by atoms with van der Waals surface area (Å²) < 4.78 is 25.5. The van der Waals surface area contributed by atoms with Crippen molar-refractivity contribution in [2.75, 3.05) is 30.8 Å². The van der Waals surface area contributed by atoms with Crippen LogP contribution in [0.1, 0.15) is 30.0 Å². The number of hydrogen-bond acceptors (Lipinski definition) is 4. The summed E-state index contributed by atoms with van der Waals surface area (Å²) in [6.45, 7) is 5.59. The van der Waals surface area contributed by atoms with E-state index in [4.69, 9.17) is 0 Å². The standard InChI is InChI=1S/C23H31N3O3S/c1-18-9-11-20(12-10-18)16-25(30(3,28)29)17-23(27)24-13-6-14-26-19(2)15-21-7-4-5-8-22(21)26/h4-5,7-12,19H,6,13-17H2,1-3H3,(H,24,27). The fourth-order valence-electron chi connectivity index (χ4n) is 3.85. The van der Waals surface area contributed by atoms with Crippen LogP contribution in [0.15, 0.2) is 48.5 Å². The molecule has 0 aliphatic carbocycles. The SMILES string of the molecule is Cc1ccc(CN(CC(=O)NCCCN2c3ccccc3CC2C)S(C)(=O)=O)cc1. The maximum atomic E-state index is 12.4. The van der Waals surface area contributed by atoms with E-state index in [-0.39, 0.29) is 19.0 Å². The largest absolute Gasteiger partial charge is 0.368 e. The summed E-state index contributed by atoms with van der Waals surface area (Å²) in [7, 11) is -3.49. The molecule has 3 rings (SSSR count). The number of carbonyl (C=O) groups excluding carboxylic acids is 1. The highest BCUT2D eigenvalue weighted by Gasteiger charge is 2.25. The minimum absolute atomic E-state index is 0.171. The molecule has 0 radical (unpaired) electrons. The monoisotopic (exact) mass is 429 g/mol. The third kappa shape index (κ3) is 5.83. The van der Waals surface area contributed by atoms with Crippen LogP contribution >= 0.6 is 0 Å². The Morgan fingerprint density at radius 3 is 2.57 bits per heavy atom. The Balaban J connectivity index is 1.48. The zero-order valence-corrected chi connectivity index (χ0v) is 18.8. The van der Waals surface area contributed by atoms with E-state index in [0.29, 0.717) is 12.6 Å². The van der Waals surface area contributed by atoms with Gasteiger partial charge in [0.15, 0.2) is 0 Å². The number of anilines is 1. The number of fused-ring (bicyclic) bond motifs is 1. The van der Waals surface area contributed by atoms with E-state index < -0.39 is 10.0 Å². The lowest BCUT2D eigenvalue weighted by Gasteiger charge is -2.25. The van der Waals surface area contributed by atoms with E-state index in [0.717, 1.165) is 36.8 Å². The number of aryl methyl sites for hydroxylation is 1. The minimum Gasteiger partial charge on any atom is -0.368 e. The molecule has 0 saturated carbocycles. The lowest BCUT2D eigenvalue weighted by molar-refractivity contribution is -0.121. The molecule has 0 bridgehead atoms. The summed E-state index contributed by atoms with van der Waals surface area (Å²) in [4.78, 5) is 14.7.